The molecule has 0 heterocycles. The van der Waals surface area contributed by atoms with Gasteiger partial charge in [0.15, 0.2) is 0 Å². The number of hydrogen-bond acceptors (Lipinski definition) is 5. The van der Waals surface area contributed by atoms with Crippen LogP contribution in [0.4, 0.5) is 4.39 Å². The van der Waals surface area contributed by atoms with Gasteiger partial charge in [-0.1, -0.05) is 23.2 Å². The van der Waals surface area contributed by atoms with Gasteiger partial charge in [0, 0.05) is 30.7 Å². The Morgan fingerprint density at radius 1 is 1.29 bits per heavy atom. The summed E-state index contributed by atoms with van der Waals surface area (Å²) >= 11 is 11.8. The highest BCUT2D eigenvalue weighted by Gasteiger charge is 2.24. The lowest BCUT2D eigenvalue weighted by molar-refractivity contribution is 0.274. The summed E-state index contributed by atoms with van der Waals surface area (Å²) in [7, 11) is -2.38. The molecule has 1 atom stereocenters. The van der Waals surface area contributed by atoms with Crippen LogP contribution >= 0.6 is 23.2 Å². The average Bonchev–Trinajstić information content (AvgIpc) is 2.64. The molecular weight excluding hydrogens is 428 g/mol. The standard InChI is InChI=1S/C18H18Cl2FN3O3S/c1-24(28(25,26)18-5-3-13(19)8-16(18)20)7-6-14(23)11-27-15-4-2-12(10-22)17(21)9-15/h2-5,8-9,14H,6-7,11,23H2,1H3. The van der Waals surface area contributed by atoms with Crippen LogP contribution in [0.5, 0.6) is 5.75 Å². The van der Waals surface area contributed by atoms with Gasteiger partial charge in [-0.05, 0) is 36.8 Å². The second-order valence-electron chi connectivity index (χ2n) is 6.01. The molecule has 2 N–H and O–H groups in total. The number of nitrogens with zero attached hydrogens (tertiary/aromatic N) is 2. The molecule has 0 amide bonds. The van der Waals surface area contributed by atoms with Crippen molar-refractivity contribution in [3.8, 4) is 11.8 Å². The highest BCUT2D eigenvalue weighted by Crippen LogP contribution is 2.27. The minimum Gasteiger partial charge on any atom is -0.492 e. The number of hydrogen-bond donors (Lipinski definition) is 1. The first-order valence-electron chi connectivity index (χ1n) is 8.14. The first kappa shape index (κ1) is 22.4. The van der Waals surface area contributed by atoms with Crippen molar-refractivity contribution in [3.63, 3.8) is 0 Å². The van der Waals surface area contributed by atoms with Crippen molar-refractivity contribution in [2.45, 2.75) is 17.4 Å². The zero-order valence-corrected chi connectivity index (χ0v) is 17.2. The number of rotatable bonds is 8. The van der Waals surface area contributed by atoms with E-state index in [0.29, 0.717) is 11.4 Å². The minimum atomic E-state index is -3.80. The molecule has 0 aromatic heterocycles. The summed E-state index contributed by atoms with van der Waals surface area (Å²) in [5, 5.41) is 9.08. The maximum absolute atomic E-state index is 13.6. The van der Waals surface area contributed by atoms with Gasteiger partial charge in [-0.25, -0.2) is 17.1 Å². The molecule has 1 unspecified atom stereocenters. The van der Waals surface area contributed by atoms with E-state index in [1.165, 1.54) is 37.4 Å². The fraction of sp³-hybridized carbons (Fsp3) is 0.278. The molecule has 2 aromatic rings. The summed E-state index contributed by atoms with van der Waals surface area (Å²) in [5.74, 6) is -0.444. The zero-order valence-electron chi connectivity index (χ0n) is 14.9. The van der Waals surface area contributed by atoms with E-state index in [-0.39, 0.29) is 34.4 Å². The molecule has 0 aliphatic heterocycles. The summed E-state index contributed by atoms with van der Waals surface area (Å²) in [5.41, 5.74) is 5.88. The quantitative estimate of drug-likeness (QED) is 0.671. The third kappa shape index (κ3) is 5.56. The lowest BCUT2D eigenvalue weighted by Gasteiger charge is -2.20. The lowest BCUT2D eigenvalue weighted by atomic mass is 10.2. The SMILES string of the molecule is CN(CCC(N)COc1ccc(C#N)c(F)c1)S(=O)(=O)c1ccc(Cl)cc1Cl. The van der Waals surface area contributed by atoms with Gasteiger partial charge in [-0.2, -0.15) is 5.26 Å². The van der Waals surface area contributed by atoms with Gasteiger partial charge in [0.25, 0.3) is 0 Å². The molecule has 0 saturated heterocycles. The normalized spacial score (nSPS) is 12.6. The van der Waals surface area contributed by atoms with Crippen LogP contribution in [-0.4, -0.2) is 39.0 Å². The molecule has 0 aliphatic rings. The fourth-order valence-electron chi connectivity index (χ4n) is 2.28. The summed E-state index contributed by atoms with van der Waals surface area (Å²) in [4.78, 5) is -0.0426. The predicted molar refractivity (Wildman–Crippen MR) is 105 cm³/mol. The number of halogens is 3. The summed E-state index contributed by atoms with van der Waals surface area (Å²) in [6.07, 6.45) is 0.305. The maximum atomic E-state index is 13.6. The minimum absolute atomic E-state index is 0.0369. The Hall–Kier alpha value is -1.89. The largest absolute Gasteiger partial charge is 0.492 e. The van der Waals surface area contributed by atoms with E-state index in [1.807, 2.05) is 0 Å². The van der Waals surface area contributed by atoms with Gasteiger partial charge in [0.1, 0.15) is 29.1 Å². The molecule has 0 saturated carbocycles. The van der Waals surface area contributed by atoms with Crippen LogP contribution in [0, 0.1) is 17.1 Å². The molecule has 0 radical (unpaired) electrons. The highest BCUT2D eigenvalue weighted by atomic mass is 35.5. The van der Waals surface area contributed by atoms with Crippen molar-refractivity contribution >= 4 is 33.2 Å². The van der Waals surface area contributed by atoms with Gasteiger partial charge in [-0.15, -0.1) is 0 Å². The second kappa shape index (κ2) is 9.54. The number of benzene rings is 2. The van der Waals surface area contributed by atoms with Gasteiger partial charge in [0.05, 0.1) is 10.6 Å². The van der Waals surface area contributed by atoms with Crippen LogP contribution in [0.3, 0.4) is 0 Å². The molecule has 0 fully saturated rings. The average molecular weight is 446 g/mol. The van der Waals surface area contributed by atoms with Crippen molar-refractivity contribution in [1.82, 2.24) is 4.31 Å². The summed E-state index contributed by atoms with van der Waals surface area (Å²) in [6, 6.07) is 9.27. The van der Waals surface area contributed by atoms with E-state index in [4.69, 9.17) is 38.9 Å². The van der Waals surface area contributed by atoms with Crippen molar-refractivity contribution < 1.29 is 17.5 Å². The Bertz CT molecular complexity index is 996. The number of sulfonamides is 1. The zero-order chi connectivity index (χ0) is 20.9. The first-order valence-corrected chi connectivity index (χ1v) is 10.3. The molecule has 2 rings (SSSR count). The van der Waals surface area contributed by atoms with Gasteiger partial charge in [-0.3, -0.25) is 0 Å². The maximum Gasteiger partial charge on any atom is 0.244 e. The monoisotopic (exact) mass is 445 g/mol. The van der Waals surface area contributed by atoms with Crippen molar-refractivity contribution in [1.29, 1.82) is 5.26 Å². The van der Waals surface area contributed by atoms with E-state index in [2.05, 4.69) is 0 Å². The van der Waals surface area contributed by atoms with Crippen LogP contribution in [0.1, 0.15) is 12.0 Å². The Balaban J connectivity index is 1.92. The van der Waals surface area contributed by atoms with Crippen molar-refractivity contribution in [2.24, 2.45) is 5.73 Å². The molecule has 0 bridgehead atoms. The van der Waals surface area contributed by atoms with Gasteiger partial charge in [0.2, 0.25) is 10.0 Å². The van der Waals surface area contributed by atoms with Crippen molar-refractivity contribution in [3.05, 3.63) is 57.8 Å². The smallest absolute Gasteiger partial charge is 0.244 e. The molecule has 2 aromatic carbocycles. The van der Waals surface area contributed by atoms with Crippen LogP contribution in [0.15, 0.2) is 41.3 Å². The number of nitriles is 1. The second-order valence-corrected chi connectivity index (χ2v) is 8.87. The topological polar surface area (TPSA) is 96.4 Å². The van der Waals surface area contributed by atoms with Gasteiger partial charge >= 0.3 is 0 Å². The molecule has 6 nitrogen and oxygen atoms in total. The Labute approximate surface area is 173 Å². The van der Waals surface area contributed by atoms with Crippen LogP contribution in [-0.2, 0) is 10.0 Å². The van der Waals surface area contributed by atoms with E-state index in [1.54, 1.807) is 6.07 Å². The third-order valence-electron chi connectivity index (χ3n) is 3.92. The van der Waals surface area contributed by atoms with Crippen molar-refractivity contribution in [2.75, 3.05) is 20.2 Å². The van der Waals surface area contributed by atoms with Gasteiger partial charge < -0.3 is 10.5 Å². The molecule has 28 heavy (non-hydrogen) atoms. The Morgan fingerprint density at radius 2 is 2.00 bits per heavy atom. The van der Waals surface area contributed by atoms with Crippen LogP contribution in [0.2, 0.25) is 10.0 Å². The van der Waals surface area contributed by atoms with E-state index < -0.39 is 21.9 Å². The molecule has 150 valence electrons. The molecule has 10 heteroatoms. The predicted octanol–water partition coefficient (Wildman–Crippen LogP) is 3.42. The Morgan fingerprint density at radius 3 is 2.61 bits per heavy atom. The lowest BCUT2D eigenvalue weighted by Crippen LogP contribution is -2.35. The number of nitrogens with two attached hydrogens (primary N) is 1. The molecular formula is C18H18Cl2FN3O3S. The van der Waals surface area contributed by atoms with Crippen LogP contribution < -0.4 is 10.5 Å². The third-order valence-corrected chi connectivity index (χ3v) is 6.50. The highest BCUT2D eigenvalue weighted by molar-refractivity contribution is 7.89. The Kier molecular flexibility index (Phi) is 7.63. The first-order chi connectivity index (χ1) is 13.1. The fourth-order valence-corrected chi connectivity index (χ4v) is 4.21. The number of ether oxygens (including phenoxy) is 1. The van der Waals surface area contributed by atoms with E-state index >= 15 is 0 Å². The van der Waals surface area contributed by atoms with E-state index in [0.717, 1.165) is 10.4 Å². The summed E-state index contributed by atoms with van der Waals surface area (Å²) in [6.45, 7) is 0.189. The van der Waals surface area contributed by atoms with Crippen LogP contribution in [0.25, 0.3) is 0 Å². The summed E-state index contributed by atoms with van der Waals surface area (Å²) < 4.78 is 45.3. The molecule has 0 aliphatic carbocycles. The molecule has 0 spiro atoms. The van der Waals surface area contributed by atoms with E-state index in [9.17, 15) is 12.8 Å².